The Morgan fingerprint density at radius 3 is 2.90 bits per heavy atom. The maximum atomic E-state index is 12.3. The van der Waals surface area contributed by atoms with Gasteiger partial charge in [0.1, 0.15) is 11.4 Å². The normalized spacial score (nSPS) is 11.9. The van der Waals surface area contributed by atoms with E-state index in [1.807, 2.05) is 17.5 Å². The van der Waals surface area contributed by atoms with Crippen LogP contribution in [0.25, 0.3) is 0 Å². The molecule has 108 valence electrons. The lowest BCUT2D eigenvalue weighted by Gasteiger charge is -2.14. The highest BCUT2D eigenvalue weighted by atomic mass is 32.2. The van der Waals surface area contributed by atoms with Crippen LogP contribution in [0, 0.1) is 0 Å². The number of carboxylic acid groups (broad SMARTS) is 1. The van der Waals surface area contributed by atoms with Crippen molar-refractivity contribution >= 4 is 27.3 Å². The zero-order valence-electron chi connectivity index (χ0n) is 10.6. The van der Waals surface area contributed by atoms with Crippen LogP contribution in [0.4, 0.5) is 0 Å². The number of carboxylic acids is 1. The quantitative estimate of drug-likeness (QED) is 0.853. The van der Waals surface area contributed by atoms with Gasteiger partial charge < -0.3 is 5.11 Å². The molecule has 0 aliphatic heterocycles. The molecule has 0 radical (unpaired) electrons. The molecule has 2 aromatic heterocycles. The van der Waals surface area contributed by atoms with Gasteiger partial charge in [-0.3, -0.25) is 9.48 Å². The fraction of sp³-hybridized carbons (Fsp3) is 0.273. The predicted molar refractivity (Wildman–Crippen MR) is 72.8 cm³/mol. The molecule has 0 aliphatic rings. The lowest BCUT2D eigenvalue weighted by atomic mass is 10.5. The minimum absolute atomic E-state index is 0.0159. The molecule has 2 rings (SSSR count). The molecule has 20 heavy (non-hydrogen) atoms. The summed E-state index contributed by atoms with van der Waals surface area (Å²) >= 11 is 1.47. The molecule has 0 bridgehead atoms. The monoisotopic (exact) mass is 315 g/mol. The third kappa shape index (κ3) is 3.24. The minimum Gasteiger partial charge on any atom is -0.480 e. The second-order valence-electron chi connectivity index (χ2n) is 4.11. The summed E-state index contributed by atoms with van der Waals surface area (Å²) in [5.74, 6) is -1.08. The van der Waals surface area contributed by atoms with Gasteiger partial charge >= 0.3 is 5.97 Å². The van der Waals surface area contributed by atoms with Crippen molar-refractivity contribution in [1.82, 2.24) is 14.1 Å². The zero-order valence-corrected chi connectivity index (χ0v) is 12.3. The second kappa shape index (κ2) is 5.73. The van der Waals surface area contributed by atoms with Gasteiger partial charge in [-0.1, -0.05) is 6.07 Å². The summed E-state index contributed by atoms with van der Waals surface area (Å²) in [6, 6.07) is 3.70. The van der Waals surface area contributed by atoms with E-state index in [4.69, 9.17) is 5.11 Å². The van der Waals surface area contributed by atoms with E-state index in [-0.39, 0.29) is 18.0 Å². The highest BCUT2D eigenvalue weighted by Crippen LogP contribution is 2.18. The van der Waals surface area contributed by atoms with Crippen molar-refractivity contribution in [3.8, 4) is 0 Å². The first kappa shape index (κ1) is 14.7. The number of rotatable bonds is 6. The highest BCUT2D eigenvalue weighted by molar-refractivity contribution is 7.89. The molecule has 0 amide bonds. The summed E-state index contributed by atoms with van der Waals surface area (Å²) in [6.45, 7) is -0.103. The maximum absolute atomic E-state index is 12.3. The predicted octanol–water partition coefficient (Wildman–Crippen LogP) is 0.850. The van der Waals surface area contributed by atoms with E-state index in [0.29, 0.717) is 0 Å². The van der Waals surface area contributed by atoms with Crippen molar-refractivity contribution in [3.05, 3.63) is 34.8 Å². The van der Waals surface area contributed by atoms with E-state index in [0.717, 1.165) is 15.8 Å². The van der Waals surface area contributed by atoms with Crippen molar-refractivity contribution in [2.45, 2.75) is 18.0 Å². The zero-order chi connectivity index (χ0) is 14.8. The van der Waals surface area contributed by atoms with Crippen LogP contribution >= 0.6 is 11.3 Å². The largest absolute Gasteiger partial charge is 0.480 e. The first-order valence-electron chi connectivity index (χ1n) is 5.62. The Labute approximate surface area is 120 Å². The number of hydrogen-bond donors (Lipinski definition) is 1. The molecule has 0 spiro atoms. The summed E-state index contributed by atoms with van der Waals surface area (Å²) < 4.78 is 26.9. The van der Waals surface area contributed by atoms with Crippen molar-refractivity contribution in [2.75, 3.05) is 7.05 Å². The van der Waals surface area contributed by atoms with Gasteiger partial charge in [0, 0.05) is 24.7 Å². The lowest BCUT2D eigenvalue weighted by Crippen LogP contribution is -2.25. The summed E-state index contributed by atoms with van der Waals surface area (Å²) in [5, 5.41) is 14.3. The smallest absolute Gasteiger partial charge is 0.325 e. The van der Waals surface area contributed by atoms with E-state index in [1.165, 1.54) is 28.9 Å². The molecule has 9 heteroatoms. The van der Waals surface area contributed by atoms with Gasteiger partial charge in [-0.2, -0.15) is 9.40 Å². The van der Waals surface area contributed by atoms with Crippen LogP contribution in [-0.4, -0.2) is 40.6 Å². The number of carbonyl (C=O) groups is 1. The summed E-state index contributed by atoms with van der Waals surface area (Å²) in [5.41, 5.74) is 0. The van der Waals surface area contributed by atoms with Crippen LogP contribution in [0.3, 0.4) is 0 Å². The van der Waals surface area contributed by atoms with Crippen LogP contribution in [0.15, 0.2) is 34.8 Å². The molecule has 0 saturated heterocycles. The van der Waals surface area contributed by atoms with Crippen LogP contribution in [0.1, 0.15) is 4.88 Å². The van der Waals surface area contributed by atoms with Crippen molar-refractivity contribution < 1.29 is 18.3 Å². The van der Waals surface area contributed by atoms with E-state index < -0.39 is 16.0 Å². The van der Waals surface area contributed by atoms with E-state index >= 15 is 0 Å². The summed E-state index contributed by atoms with van der Waals surface area (Å²) in [4.78, 5) is 11.5. The fourth-order valence-corrected chi connectivity index (χ4v) is 3.53. The van der Waals surface area contributed by atoms with Gasteiger partial charge in [-0.15, -0.1) is 11.3 Å². The average Bonchev–Trinajstić information content (AvgIpc) is 2.99. The Kier molecular flexibility index (Phi) is 4.21. The Morgan fingerprint density at radius 2 is 2.30 bits per heavy atom. The molecule has 2 aromatic rings. The Morgan fingerprint density at radius 1 is 1.55 bits per heavy atom. The maximum Gasteiger partial charge on any atom is 0.325 e. The number of nitrogens with zero attached hydrogens (tertiary/aromatic N) is 3. The second-order valence-corrected chi connectivity index (χ2v) is 7.18. The molecule has 2 heterocycles. The van der Waals surface area contributed by atoms with Gasteiger partial charge in [-0.05, 0) is 11.4 Å². The number of hydrogen-bond acceptors (Lipinski definition) is 5. The SMILES string of the molecule is CN(Cc1cccs1)S(=O)(=O)c1cnn(CC(=O)O)c1. The Bertz CT molecular complexity index is 691. The van der Waals surface area contributed by atoms with E-state index in [1.54, 1.807) is 0 Å². The molecule has 7 nitrogen and oxygen atoms in total. The number of aromatic nitrogens is 2. The number of thiophene rings is 1. The third-order valence-electron chi connectivity index (χ3n) is 2.57. The first-order chi connectivity index (χ1) is 9.39. The molecular weight excluding hydrogens is 302 g/mol. The van der Waals surface area contributed by atoms with E-state index in [9.17, 15) is 13.2 Å². The van der Waals surface area contributed by atoms with E-state index in [2.05, 4.69) is 5.10 Å². The van der Waals surface area contributed by atoms with Crippen molar-refractivity contribution in [1.29, 1.82) is 0 Å². The fourth-order valence-electron chi connectivity index (χ4n) is 1.59. The van der Waals surface area contributed by atoms with Crippen molar-refractivity contribution in [2.24, 2.45) is 0 Å². The standard InChI is InChI=1S/C11H13N3O4S2/c1-13(6-9-3-2-4-19-9)20(17,18)10-5-12-14(7-10)8-11(15)16/h2-5,7H,6,8H2,1H3,(H,15,16). The summed E-state index contributed by atoms with van der Waals surface area (Å²) in [7, 11) is -2.19. The number of aliphatic carboxylic acids is 1. The Balaban J connectivity index is 2.16. The molecule has 0 aromatic carbocycles. The van der Waals surface area contributed by atoms with Gasteiger partial charge in [0.25, 0.3) is 0 Å². The molecule has 0 fully saturated rings. The average molecular weight is 315 g/mol. The minimum atomic E-state index is -3.67. The van der Waals surface area contributed by atoms with Crippen LogP contribution < -0.4 is 0 Å². The van der Waals surface area contributed by atoms with Crippen molar-refractivity contribution in [3.63, 3.8) is 0 Å². The molecule has 0 atom stereocenters. The van der Waals surface area contributed by atoms with Crippen LogP contribution in [0.5, 0.6) is 0 Å². The third-order valence-corrected chi connectivity index (χ3v) is 5.19. The molecule has 1 N–H and O–H groups in total. The summed E-state index contributed by atoms with van der Waals surface area (Å²) in [6.07, 6.45) is 2.37. The lowest BCUT2D eigenvalue weighted by molar-refractivity contribution is -0.137. The molecule has 0 saturated carbocycles. The van der Waals surface area contributed by atoms with Crippen LogP contribution in [-0.2, 0) is 27.9 Å². The molecule has 0 aliphatic carbocycles. The van der Waals surface area contributed by atoms with Gasteiger partial charge in [0.05, 0.1) is 6.20 Å². The van der Waals surface area contributed by atoms with Gasteiger partial charge in [0.15, 0.2) is 0 Å². The van der Waals surface area contributed by atoms with Gasteiger partial charge in [0.2, 0.25) is 10.0 Å². The first-order valence-corrected chi connectivity index (χ1v) is 7.94. The van der Waals surface area contributed by atoms with Gasteiger partial charge in [-0.25, -0.2) is 8.42 Å². The molecule has 0 unspecified atom stereocenters. The Hall–Kier alpha value is -1.71. The number of sulfonamides is 1. The topological polar surface area (TPSA) is 92.5 Å². The van der Waals surface area contributed by atoms with Crippen LogP contribution in [0.2, 0.25) is 0 Å². The highest BCUT2D eigenvalue weighted by Gasteiger charge is 2.23. The molecular formula is C11H13N3O4S2.